The smallest absolute Gasteiger partial charge is 0.236 e. The van der Waals surface area contributed by atoms with Gasteiger partial charge in [0.15, 0.2) is 11.0 Å². The number of hydrogen-bond acceptors (Lipinski definition) is 7. The Labute approximate surface area is 128 Å². The molecule has 2 N–H and O–H groups in total. The van der Waals surface area contributed by atoms with E-state index >= 15 is 0 Å². The number of hydrogen-bond donors (Lipinski definition) is 2. The highest BCUT2D eigenvalue weighted by atomic mass is 32.2. The number of carbonyl (C=O) groups excluding carboxylic acids is 1. The zero-order valence-electron chi connectivity index (χ0n) is 10.7. The summed E-state index contributed by atoms with van der Waals surface area (Å²) in [4.78, 5) is 24.2. The number of rotatable bonds is 5. The van der Waals surface area contributed by atoms with Gasteiger partial charge in [-0.25, -0.2) is 4.98 Å². The Morgan fingerprint density at radius 1 is 1.33 bits per heavy atom. The summed E-state index contributed by atoms with van der Waals surface area (Å²) in [7, 11) is 0. The van der Waals surface area contributed by atoms with E-state index in [0.29, 0.717) is 21.8 Å². The third-order valence-electron chi connectivity index (χ3n) is 2.38. The van der Waals surface area contributed by atoms with Crippen LogP contribution >= 0.6 is 23.1 Å². The van der Waals surface area contributed by atoms with Gasteiger partial charge < -0.3 is 5.32 Å². The zero-order valence-corrected chi connectivity index (χ0v) is 12.3. The molecule has 3 aromatic rings. The molecule has 0 saturated heterocycles. The fourth-order valence-corrected chi connectivity index (χ4v) is 2.64. The van der Waals surface area contributed by atoms with Gasteiger partial charge in [0.05, 0.1) is 5.75 Å². The second kappa shape index (κ2) is 6.46. The molecule has 7 nitrogen and oxygen atoms in total. The van der Waals surface area contributed by atoms with Gasteiger partial charge in [0.1, 0.15) is 5.69 Å². The highest BCUT2D eigenvalue weighted by Gasteiger charge is 2.10. The van der Waals surface area contributed by atoms with E-state index in [1.54, 1.807) is 17.8 Å². The predicted molar refractivity (Wildman–Crippen MR) is 81.1 cm³/mol. The van der Waals surface area contributed by atoms with Crippen LogP contribution in [-0.2, 0) is 4.79 Å². The lowest BCUT2D eigenvalue weighted by molar-refractivity contribution is -0.113. The Hall–Kier alpha value is -2.26. The van der Waals surface area contributed by atoms with Crippen LogP contribution in [0.4, 0.5) is 5.13 Å². The molecule has 1 amide bonds. The first-order chi connectivity index (χ1) is 10.3. The number of carbonyl (C=O) groups is 1. The van der Waals surface area contributed by atoms with Crippen molar-refractivity contribution in [1.29, 1.82) is 0 Å². The lowest BCUT2D eigenvalue weighted by atomic mass is 10.3. The largest absolute Gasteiger partial charge is 0.301 e. The van der Waals surface area contributed by atoms with Crippen molar-refractivity contribution in [3.63, 3.8) is 0 Å². The summed E-state index contributed by atoms with van der Waals surface area (Å²) >= 11 is 2.63. The second-order valence-electron chi connectivity index (χ2n) is 3.86. The van der Waals surface area contributed by atoms with E-state index in [4.69, 9.17) is 0 Å². The first-order valence-corrected chi connectivity index (χ1v) is 7.84. The van der Waals surface area contributed by atoms with Crippen LogP contribution in [0.2, 0.25) is 0 Å². The molecule has 0 saturated carbocycles. The van der Waals surface area contributed by atoms with Crippen LogP contribution < -0.4 is 5.32 Å². The predicted octanol–water partition coefficient (Wildman–Crippen LogP) is 2.05. The number of aromatic amines is 1. The average Bonchev–Trinajstić information content (AvgIpc) is 3.17. The maximum Gasteiger partial charge on any atom is 0.236 e. The maximum atomic E-state index is 11.7. The van der Waals surface area contributed by atoms with Gasteiger partial charge >= 0.3 is 0 Å². The van der Waals surface area contributed by atoms with E-state index in [2.05, 4.69) is 30.5 Å². The van der Waals surface area contributed by atoms with E-state index in [9.17, 15) is 4.79 Å². The molecule has 0 fully saturated rings. The van der Waals surface area contributed by atoms with E-state index in [1.165, 1.54) is 23.1 Å². The van der Waals surface area contributed by atoms with E-state index < -0.39 is 0 Å². The molecule has 0 bridgehead atoms. The van der Waals surface area contributed by atoms with Crippen LogP contribution in [0.1, 0.15) is 0 Å². The maximum absolute atomic E-state index is 11.7. The summed E-state index contributed by atoms with van der Waals surface area (Å²) in [5.41, 5.74) is 0.712. The van der Waals surface area contributed by atoms with Gasteiger partial charge in [-0.3, -0.25) is 14.9 Å². The molecule has 0 aliphatic rings. The molecule has 0 spiro atoms. The topological polar surface area (TPSA) is 96.5 Å². The molecule has 0 aromatic carbocycles. The van der Waals surface area contributed by atoms with Crippen molar-refractivity contribution in [2.45, 2.75) is 5.16 Å². The fraction of sp³-hybridized carbons (Fsp3) is 0.0833. The van der Waals surface area contributed by atoms with Crippen molar-refractivity contribution < 1.29 is 4.79 Å². The summed E-state index contributed by atoms with van der Waals surface area (Å²) in [6, 6.07) is 5.54. The van der Waals surface area contributed by atoms with Gasteiger partial charge in [-0.2, -0.15) is 4.98 Å². The first kappa shape index (κ1) is 13.7. The third kappa shape index (κ3) is 3.64. The van der Waals surface area contributed by atoms with Crippen molar-refractivity contribution in [3.05, 3.63) is 36.0 Å². The molecule has 3 heterocycles. The quantitative estimate of drug-likeness (QED) is 0.699. The standard InChI is InChI=1S/C12H10N6OS2/c19-9(15-11-14-5-6-20-11)7-21-12-16-10(17-18-12)8-3-1-2-4-13-8/h1-6H,7H2,(H,14,15,19)(H,16,17,18). The van der Waals surface area contributed by atoms with Crippen molar-refractivity contribution in [3.8, 4) is 11.5 Å². The molecule has 3 aromatic heterocycles. The van der Waals surface area contributed by atoms with E-state index in [1.807, 2.05) is 18.2 Å². The number of thiazole rings is 1. The average molecular weight is 318 g/mol. The SMILES string of the molecule is O=C(CSc1n[nH]c(-c2ccccn2)n1)Nc1nccs1. The van der Waals surface area contributed by atoms with E-state index in [0.717, 1.165) is 0 Å². The molecule has 0 aliphatic carbocycles. The van der Waals surface area contributed by atoms with Gasteiger partial charge in [-0.15, -0.1) is 16.4 Å². The Morgan fingerprint density at radius 2 is 2.29 bits per heavy atom. The number of thioether (sulfide) groups is 1. The second-order valence-corrected chi connectivity index (χ2v) is 5.69. The van der Waals surface area contributed by atoms with Crippen LogP contribution in [-0.4, -0.2) is 36.8 Å². The molecule has 0 aliphatic heterocycles. The summed E-state index contributed by atoms with van der Waals surface area (Å²) in [6.07, 6.45) is 3.33. The molecule has 0 atom stereocenters. The normalized spacial score (nSPS) is 10.5. The molecular weight excluding hydrogens is 308 g/mol. The number of nitrogens with one attached hydrogen (secondary N) is 2. The lowest BCUT2D eigenvalue weighted by Gasteiger charge is -1.98. The van der Waals surface area contributed by atoms with Crippen molar-refractivity contribution in [2.24, 2.45) is 0 Å². The molecule has 21 heavy (non-hydrogen) atoms. The molecule has 106 valence electrons. The molecule has 9 heteroatoms. The van der Waals surface area contributed by atoms with Crippen molar-refractivity contribution in [2.75, 3.05) is 11.1 Å². The minimum atomic E-state index is -0.140. The van der Waals surface area contributed by atoms with Gasteiger partial charge in [0.2, 0.25) is 11.1 Å². The number of amides is 1. The fourth-order valence-electron chi connectivity index (χ4n) is 1.50. The highest BCUT2D eigenvalue weighted by Crippen LogP contribution is 2.18. The number of anilines is 1. The molecule has 0 radical (unpaired) electrons. The van der Waals surface area contributed by atoms with Gasteiger partial charge in [-0.05, 0) is 12.1 Å². The van der Waals surface area contributed by atoms with Crippen molar-refractivity contribution in [1.82, 2.24) is 25.1 Å². The van der Waals surface area contributed by atoms with E-state index in [-0.39, 0.29) is 11.7 Å². The van der Waals surface area contributed by atoms with Crippen LogP contribution in [0, 0.1) is 0 Å². The summed E-state index contributed by atoms with van der Waals surface area (Å²) < 4.78 is 0. The summed E-state index contributed by atoms with van der Waals surface area (Å²) in [5.74, 6) is 0.664. The monoisotopic (exact) mass is 318 g/mol. The first-order valence-electron chi connectivity index (χ1n) is 5.97. The molecule has 3 rings (SSSR count). The minimum absolute atomic E-state index is 0.140. The van der Waals surface area contributed by atoms with Gasteiger partial charge in [-0.1, -0.05) is 17.8 Å². The Morgan fingerprint density at radius 3 is 3.05 bits per heavy atom. The number of nitrogens with zero attached hydrogens (tertiary/aromatic N) is 4. The van der Waals surface area contributed by atoms with Crippen LogP contribution in [0.5, 0.6) is 0 Å². The van der Waals surface area contributed by atoms with Gasteiger partial charge in [0.25, 0.3) is 0 Å². The van der Waals surface area contributed by atoms with Gasteiger partial charge in [0, 0.05) is 17.8 Å². The Bertz CT molecular complexity index is 712. The number of H-pyrrole nitrogens is 1. The van der Waals surface area contributed by atoms with Crippen molar-refractivity contribution >= 4 is 34.1 Å². The Balaban J connectivity index is 1.56. The zero-order chi connectivity index (χ0) is 14.5. The summed E-state index contributed by atoms with van der Waals surface area (Å²) in [5, 5.41) is 12.5. The van der Waals surface area contributed by atoms with Crippen LogP contribution in [0.3, 0.4) is 0 Å². The number of pyridine rings is 1. The molecular formula is C12H10N6OS2. The number of aromatic nitrogens is 5. The Kier molecular flexibility index (Phi) is 4.22. The lowest BCUT2D eigenvalue weighted by Crippen LogP contribution is -2.13. The highest BCUT2D eigenvalue weighted by molar-refractivity contribution is 7.99. The molecule has 0 unspecified atom stereocenters. The summed E-state index contributed by atoms with van der Waals surface area (Å²) in [6.45, 7) is 0. The van der Waals surface area contributed by atoms with Crippen LogP contribution in [0.15, 0.2) is 41.1 Å². The van der Waals surface area contributed by atoms with Crippen LogP contribution in [0.25, 0.3) is 11.5 Å². The minimum Gasteiger partial charge on any atom is -0.301 e. The third-order valence-corrected chi connectivity index (χ3v) is 3.92.